The summed E-state index contributed by atoms with van der Waals surface area (Å²) in [5.41, 5.74) is 2.06. The monoisotopic (exact) mass is 223 g/mol. The van der Waals surface area contributed by atoms with Crippen molar-refractivity contribution in [3.8, 4) is 6.07 Å². The van der Waals surface area contributed by atoms with Crippen LogP contribution in [-0.4, -0.2) is 6.29 Å². The standard InChI is InChI=1S/C9H6BrNO/c10-4-9-3-7(6-12)1-2-8(9)5-11/h1-3,6H,4H2. The Kier molecular flexibility index (Phi) is 3.01. The summed E-state index contributed by atoms with van der Waals surface area (Å²) in [6, 6.07) is 7.05. The third-order valence-electron chi connectivity index (χ3n) is 1.53. The van der Waals surface area contributed by atoms with Crippen LogP contribution in [0.2, 0.25) is 0 Å². The second-order valence-corrected chi connectivity index (χ2v) is 2.84. The number of nitriles is 1. The molecule has 0 radical (unpaired) electrons. The van der Waals surface area contributed by atoms with E-state index < -0.39 is 0 Å². The number of hydrogen-bond donors (Lipinski definition) is 0. The molecule has 0 amide bonds. The third kappa shape index (κ3) is 1.72. The summed E-state index contributed by atoms with van der Waals surface area (Å²) >= 11 is 3.25. The molecule has 60 valence electrons. The lowest BCUT2D eigenvalue weighted by molar-refractivity contribution is 0.112. The normalized spacial score (nSPS) is 9.00. The van der Waals surface area contributed by atoms with Crippen LogP contribution in [0.4, 0.5) is 0 Å². The smallest absolute Gasteiger partial charge is 0.150 e. The number of halogens is 1. The van der Waals surface area contributed by atoms with Gasteiger partial charge in [0.15, 0.2) is 0 Å². The predicted molar refractivity (Wildman–Crippen MR) is 49.2 cm³/mol. The van der Waals surface area contributed by atoms with Crippen LogP contribution in [0.1, 0.15) is 21.5 Å². The van der Waals surface area contributed by atoms with Gasteiger partial charge in [0.1, 0.15) is 6.29 Å². The van der Waals surface area contributed by atoms with E-state index in [0.29, 0.717) is 16.5 Å². The van der Waals surface area contributed by atoms with Crippen molar-refractivity contribution in [3.05, 3.63) is 34.9 Å². The number of benzene rings is 1. The van der Waals surface area contributed by atoms with Gasteiger partial charge in [0.2, 0.25) is 0 Å². The number of hydrogen-bond acceptors (Lipinski definition) is 2. The molecule has 0 atom stereocenters. The fourth-order valence-corrected chi connectivity index (χ4v) is 1.37. The fourth-order valence-electron chi connectivity index (χ4n) is 0.907. The minimum atomic E-state index is 0.595. The molecule has 1 aromatic carbocycles. The molecular formula is C9H6BrNO. The molecule has 0 unspecified atom stereocenters. The molecule has 0 aromatic heterocycles. The van der Waals surface area contributed by atoms with Crippen LogP contribution in [0.15, 0.2) is 18.2 Å². The highest BCUT2D eigenvalue weighted by Gasteiger charge is 2.00. The zero-order valence-electron chi connectivity index (χ0n) is 6.25. The maximum absolute atomic E-state index is 10.4. The minimum absolute atomic E-state index is 0.595. The van der Waals surface area contributed by atoms with E-state index in [2.05, 4.69) is 22.0 Å². The average Bonchev–Trinajstić information content (AvgIpc) is 2.16. The minimum Gasteiger partial charge on any atom is -0.298 e. The van der Waals surface area contributed by atoms with E-state index in [1.54, 1.807) is 18.2 Å². The Hall–Kier alpha value is -1.14. The number of nitrogens with zero attached hydrogens (tertiary/aromatic N) is 1. The Morgan fingerprint density at radius 3 is 2.83 bits per heavy atom. The van der Waals surface area contributed by atoms with E-state index in [9.17, 15) is 4.79 Å². The maximum atomic E-state index is 10.4. The summed E-state index contributed by atoms with van der Waals surface area (Å²) in [5.74, 6) is 0. The summed E-state index contributed by atoms with van der Waals surface area (Å²) < 4.78 is 0. The largest absolute Gasteiger partial charge is 0.298 e. The first-order valence-corrected chi connectivity index (χ1v) is 4.48. The van der Waals surface area contributed by atoms with Crippen molar-refractivity contribution in [2.24, 2.45) is 0 Å². The van der Waals surface area contributed by atoms with Gasteiger partial charge in [-0.1, -0.05) is 22.0 Å². The lowest BCUT2D eigenvalue weighted by atomic mass is 10.1. The molecule has 0 spiro atoms. The zero-order valence-corrected chi connectivity index (χ0v) is 7.84. The second kappa shape index (κ2) is 4.03. The van der Waals surface area contributed by atoms with Crippen molar-refractivity contribution in [2.45, 2.75) is 5.33 Å². The fraction of sp³-hybridized carbons (Fsp3) is 0.111. The van der Waals surface area contributed by atoms with E-state index in [-0.39, 0.29) is 0 Å². The molecule has 2 nitrogen and oxygen atoms in total. The van der Waals surface area contributed by atoms with Gasteiger partial charge >= 0.3 is 0 Å². The van der Waals surface area contributed by atoms with Gasteiger partial charge in [0.25, 0.3) is 0 Å². The van der Waals surface area contributed by atoms with Gasteiger partial charge in [-0.2, -0.15) is 5.26 Å². The van der Waals surface area contributed by atoms with Gasteiger partial charge in [0, 0.05) is 10.9 Å². The number of rotatable bonds is 2. The number of aldehydes is 1. The van der Waals surface area contributed by atoms with Crippen molar-refractivity contribution >= 4 is 22.2 Å². The topological polar surface area (TPSA) is 40.9 Å². The number of carbonyl (C=O) groups excluding carboxylic acids is 1. The van der Waals surface area contributed by atoms with Crippen molar-refractivity contribution in [1.29, 1.82) is 5.26 Å². The van der Waals surface area contributed by atoms with E-state index in [1.165, 1.54) is 0 Å². The average molecular weight is 224 g/mol. The van der Waals surface area contributed by atoms with Crippen LogP contribution < -0.4 is 0 Å². The Morgan fingerprint density at radius 1 is 1.58 bits per heavy atom. The van der Waals surface area contributed by atoms with Crippen molar-refractivity contribution in [2.75, 3.05) is 0 Å². The lowest BCUT2D eigenvalue weighted by Crippen LogP contribution is -1.88. The summed E-state index contributed by atoms with van der Waals surface area (Å²) in [4.78, 5) is 10.4. The molecule has 0 aliphatic carbocycles. The molecule has 1 rings (SSSR count). The van der Waals surface area contributed by atoms with Crippen LogP contribution >= 0.6 is 15.9 Å². The van der Waals surface area contributed by atoms with E-state index >= 15 is 0 Å². The number of carbonyl (C=O) groups is 1. The SMILES string of the molecule is N#Cc1ccc(C=O)cc1CBr. The first-order valence-electron chi connectivity index (χ1n) is 3.36. The third-order valence-corrected chi connectivity index (χ3v) is 2.13. The highest BCUT2D eigenvalue weighted by atomic mass is 79.9. The van der Waals surface area contributed by atoms with Crippen molar-refractivity contribution in [3.63, 3.8) is 0 Å². The first-order chi connectivity index (χ1) is 5.81. The zero-order chi connectivity index (χ0) is 8.97. The summed E-state index contributed by atoms with van der Waals surface area (Å²) in [7, 11) is 0. The molecule has 0 saturated carbocycles. The molecule has 0 aliphatic heterocycles. The molecule has 0 fully saturated rings. The van der Waals surface area contributed by atoms with Gasteiger partial charge in [-0.3, -0.25) is 4.79 Å². The Balaban J connectivity index is 3.21. The van der Waals surface area contributed by atoms with Crippen molar-refractivity contribution < 1.29 is 4.79 Å². The van der Waals surface area contributed by atoms with Crippen LogP contribution in [0.3, 0.4) is 0 Å². The molecule has 0 N–H and O–H groups in total. The van der Waals surface area contributed by atoms with E-state index in [1.807, 2.05) is 0 Å². The first kappa shape index (κ1) is 8.95. The predicted octanol–water partition coefficient (Wildman–Crippen LogP) is 2.27. The van der Waals surface area contributed by atoms with Gasteiger partial charge < -0.3 is 0 Å². The summed E-state index contributed by atoms with van der Waals surface area (Å²) in [6.45, 7) is 0. The van der Waals surface area contributed by atoms with E-state index in [4.69, 9.17) is 5.26 Å². The lowest BCUT2D eigenvalue weighted by Gasteiger charge is -1.98. The van der Waals surface area contributed by atoms with Crippen LogP contribution in [0.5, 0.6) is 0 Å². The van der Waals surface area contributed by atoms with Gasteiger partial charge in [-0.25, -0.2) is 0 Å². The molecular weight excluding hydrogens is 218 g/mol. The van der Waals surface area contributed by atoms with Crippen LogP contribution in [0, 0.1) is 11.3 Å². The summed E-state index contributed by atoms with van der Waals surface area (Å²) in [6.07, 6.45) is 0.771. The Morgan fingerprint density at radius 2 is 2.33 bits per heavy atom. The number of alkyl halides is 1. The Bertz CT molecular complexity index is 341. The van der Waals surface area contributed by atoms with Gasteiger partial charge in [-0.05, 0) is 17.7 Å². The second-order valence-electron chi connectivity index (χ2n) is 2.28. The molecule has 1 aromatic rings. The quantitative estimate of drug-likeness (QED) is 0.571. The molecule has 3 heteroatoms. The summed E-state index contributed by atoms with van der Waals surface area (Å²) in [5, 5.41) is 9.25. The van der Waals surface area contributed by atoms with Crippen LogP contribution in [0.25, 0.3) is 0 Å². The molecule has 0 aliphatic rings. The van der Waals surface area contributed by atoms with Crippen molar-refractivity contribution in [1.82, 2.24) is 0 Å². The van der Waals surface area contributed by atoms with Gasteiger partial charge in [0.05, 0.1) is 11.6 Å². The van der Waals surface area contributed by atoms with Crippen LogP contribution in [-0.2, 0) is 5.33 Å². The Labute approximate surface area is 78.9 Å². The molecule has 0 bridgehead atoms. The molecule has 0 saturated heterocycles. The molecule has 0 heterocycles. The highest BCUT2D eigenvalue weighted by Crippen LogP contribution is 2.13. The van der Waals surface area contributed by atoms with Gasteiger partial charge in [-0.15, -0.1) is 0 Å². The highest BCUT2D eigenvalue weighted by molar-refractivity contribution is 9.08. The molecule has 12 heavy (non-hydrogen) atoms. The van der Waals surface area contributed by atoms with E-state index in [0.717, 1.165) is 11.8 Å². The maximum Gasteiger partial charge on any atom is 0.150 e.